The van der Waals surface area contributed by atoms with Gasteiger partial charge in [0.2, 0.25) is 0 Å². The van der Waals surface area contributed by atoms with Gasteiger partial charge in [-0.25, -0.2) is 9.34 Å². The molecule has 0 radical (unpaired) electrons. The van der Waals surface area contributed by atoms with Crippen LogP contribution in [0.1, 0.15) is 11.3 Å². The maximum absolute atomic E-state index is 15.3. The van der Waals surface area contributed by atoms with Gasteiger partial charge >= 0.3 is 0 Å². The van der Waals surface area contributed by atoms with Crippen molar-refractivity contribution in [3.05, 3.63) is 36.0 Å². The fourth-order valence-electron chi connectivity index (χ4n) is 5.05. The zero-order chi connectivity index (χ0) is 20.4. The molecule has 0 amide bonds. The Labute approximate surface area is 177 Å². The summed E-state index contributed by atoms with van der Waals surface area (Å²) >= 11 is 0. The molecule has 5 rings (SSSR count). The van der Waals surface area contributed by atoms with Crippen LogP contribution in [0.15, 0.2) is 30.5 Å². The van der Waals surface area contributed by atoms with Crippen molar-refractivity contribution in [3.8, 4) is 0 Å². The molecule has 2 aromatic rings. The minimum atomic E-state index is -2.95. The van der Waals surface area contributed by atoms with Crippen molar-refractivity contribution in [2.75, 3.05) is 78.9 Å². The highest BCUT2D eigenvalue weighted by Crippen LogP contribution is 2.62. The van der Waals surface area contributed by atoms with E-state index in [1.807, 2.05) is 6.07 Å². The molecular formula is C21H32N4O4P+. The van der Waals surface area contributed by atoms with Crippen LogP contribution in [-0.4, -0.2) is 93.2 Å². The summed E-state index contributed by atoms with van der Waals surface area (Å²) in [6, 6.07) is 8.36. The molecule has 30 heavy (non-hydrogen) atoms. The van der Waals surface area contributed by atoms with Gasteiger partial charge in [0.25, 0.3) is 7.44 Å². The van der Waals surface area contributed by atoms with E-state index in [1.54, 1.807) is 0 Å². The lowest BCUT2D eigenvalue weighted by molar-refractivity contribution is -0.925. The summed E-state index contributed by atoms with van der Waals surface area (Å²) in [6.07, 6.45) is 2.09. The molecule has 0 spiro atoms. The molecule has 3 fully saturated rings. The highest BCUT2D eigenvalue weighted by atomic mass is 31.2. The van der Waals surface area contributed by atoms with E-state index in [0.29, 0.717) is 65.8 Å². The Morgan fingerprint density at radius 2 is 1.43 bits per heavy atom. The van der Waals surface area contributed by atoms with Crippen molar-refractivity contribution in [1.82, 2.24) is 14.3 Å². The van der Waals surface area contributed by atoms with Crippen molar-refractivity contribution in [3.63, 3.8) is 0 Å². The smallest absolute Gasteiger partial charge is 0.277 e. The number of quaternary nitrogens is 1. The number of ether oxygens (including phenoxy) is 3. The number of morpholine rings is 3. The number of aromatic amines is 1. The van der Waals surface area contributed by atoms with Gasteiger partial charge in [0.1, 0.15) is 13.1 Å². The van der Waals surface area contributed by atoms with Crippen LogP contribution in [0.25, 0.3) is 10.9 Å². The van der Waals surface area contributed by atoms with Crippen LogP contribution in [-0.2, 0) is 18.8 Å². The van der Waals surface area contributed by atoms with Gasteiger partial charge in [0.05, 0.1) is 39.6 Å². The summed E-state index contributed by atoms with van der Waals surface area (Å²) in [6.45, 7) is 8.50. The molecule has 3 aliphatic rings. The van der Waals surface area contributed by atoms with E-state index in [1.165, 1.54) is 10.3 Å². The van der Waals surface area contributed by atoms with E-state index in [9.17, 15) is 0 Å². The van der Waals surface area contributed by atoms with Crippen molar-refractivity contribution in [1.29, 1.82) is 0 Å². The van der Waals surface area contributed by atoms with Crippen molar-refractivity contribution in [2.24, 2.45) is 0 Å². The van der Waals surface area contributed by atoms with E-state index < -0.39 is 7.44 Å². The van der Waals surface area contributed by atoms with Crippen molar-refractivity contribution in [2.45, 2.75) is 5.78 Å². The molecule has 1 unspecified atom stereocenters. The standard InChI is InChI=1S/C21H31N4O4P/c26-30(24-7-13-28-14-8-24,25-9-15-29-16-10-25)21(23-5-11-27-12-6-23)19-17-22-20-4-2-1-3-18(19)20/h1-4,17,21-22H,5-16H2/p+1. The van der Waals surface area contributed by atoms with Gasteiger partial charge in [0, 0.05) is 48.8 Å². The van der Waals surface area contributed by atoms with Crippen molar-refractivity contribution < 1.29 is 23.7 Å². The summed E-state index contributed by atoms with van der Waals surface area (Å²) in [5, 5.41) is 1.17. The maximum Gasteiger partial charge on any atom is 0.277 e. The second-order valence-electron chi connectivity index (χ2n) is 8.18. The zero-order valence-electron chi connectivity index (χ0n) is 17.4. The topological polar surface area (TPSA) is 71.5 Å². The molecule has 2 N–H and O–H groups in total. The van der Waals surface area contributed by atoms with Gasteiger partial charge < -0.3 is 24.1 Å². The molecule has 1 aromatic heterocycles. The number of hydrogen-bond donors (Lipinski definition) is 2. The third-order valence-electron chi connectivity index (χ3n) is 6.56. The number of hydrogen-bond acceptors (Lipinski definition) is 4. The Morgan fingerprint density at radius 3 is 2.07 bits per heavy atom. The van der Waals surface area contributed by atoms with Crippen LogP contribution < -0.4 is 4.90 Å². The average Bonchev–Trinajstić information content (AvgIpc) is 3.25. The summed E-state index contributed by atoms with van der Waals surface area (Å²) in [5.74, 6) is -0.131. The number of nitrogens with one attached hydrogen (secondary N) is 2. The summed E-state index contributed by atoms with van der Waals surface area (Å²) < 4.78 is 36.7. The van der Waals surface area contributed by atoms with Gasteiger partial charge in [-0.3, -0.25) is 4.57 Å². The van der Waals surface area contributed by atoms with Crippen LogP contribution in [0.2, 0.25) is 0 Å². The Morgan fingerprint density at radius 1 is 0.867 bits per heavy atom. The number of nitrogens with zero attached hydrogens (tertiary/aromatic N) is 2. The molecule has 1 atom stereocenters. The molecule has 0 saturated carbocycles. The molecule has 3 aliphatic heterocycles. The highest BCUT2D eigenvalue weighted by Gasteiger charge is 2.52. The van der Waals surface area contributed by atoms with Crippen LogP contribution >= 0.6 is 7.44 Å². The van der Waals surface area contributed by atoms with Gasteiger partial charge in [-0.15, -0.1) is 0 Å². The first kappa shape index (κ1) is 20.6. The Hall–Kier alpha value is -1.25. The van der Waals surface area contributed by atoms with Gasteiger partial charge in [-0.2, -0.15) is 0 Å². The minimum Gasteiger partial charge on any atom is -0.379 e. The second kappa shape index (κ2) is 9.09. The number of para-hydroxylation sites is 1. The molecule has 9 heteroatoms. The Balaban J connectivity index is 1.64. The Bertz CT molecular complexity index is 866. The normalized spacial score (nSPS) is 24.3. The number of aromatic nitrogens is 1. The summed E-state index contributed by atoms with van der Waals surface area (Å²) in [4.78, 5) is 4.79. The largest absolute Gasteiger partial charge is 0.379 e. The number of fused-ring (bicyclic) bond motifs is 1. The van der Waals surface area contributed by atoms with Crippen LogP contribution in [0, 0.1) is 0 Å². The third kappa shape index (κ3) is 3.75. The quantitative estimate of drug-likeness (QED) is 0.682. The molecule has 1 aromatic carbocycles. The maximum atomic E-state index is 15.3. The fraction of sp³-hybridized carbons (Fsp3) is 0.619. The fourth-order valence-corrected chi connectivity index (χ4v) is 8.85. The number of rotatable bonds is 5. The van der Waals surface area contributed by atoms with E-state index in [-0.39, 0.29) is 5.78 Å². The van der Waals surface area contributed by atoms with Crippen LogP contribution in [0.4, 0.5) is 0 Å². The van der Waals surface area contributed by atoms with E-state index >= 15 is 4.57 Å². The average molecular weight is 435 g/mol. The molecule has 3 saturated heterocycles. The highest BCUT2D eigenvalue weighted by molar-refractivity contribution is 7.59. The molecule has 0 bridgehead atoms. The van der Waals surface area contributed by atoms with Gasteiger partial charge in [-0.05, 0) is 6.07 Å². The lowest BCUT2D eigenvalue weighted by Gasteiger charge is -2.47. The SMILES string of the molecule is O=P(C(c1c[nH]c2ccccc12)[NH+]1CCOCC1)(N1CCOCC1)N1CCOCC1. The first-order chi connectivity index (χ1) is 14.8. The number of benzene rings is 1. The summed E-state index contributed by atoms with van der Waals surface area (Å²) in [5.41, 5.74) is 2.25. The lowest BCUT2D eigenvalue weighted by atomic mass is 10.1. The van der Waals surface area contributed by atoms with E-state index in [4.69, 9.17) is 14.2 Å². The molecule has 8 nitrogen and oxygen atoms in total. The monoisotopic (exact) mass is 435 g/mol. The van der Waals surface area contributed by atoms with E-state index in [2.05, 4.69) is 38.7 Å². The zero-order valence-corrected chi connectivity index (χ0v) is 18.3. The van der Waals surface area contributed by atoms with Gasteiger partial charge in [0.15, 0.2) is 5.78 Å². The predicted octanol–water partition coefficient (Wildman–Crippen LogP) is 0.939. The van der Waals surface area contributed by atoms with Crippen LogP contribution in [0.5, 0.6) is 0 Å². The first-order valence-electron chi connectivity index (χ1n) is 11.0. The molecular weight excluding hydrogens is 403 g/mol. The predicted molar refractivity (Wildman–Crippen MR) is 115 cm³/mol. The van der Waals surface area contributed by atoms with Gasteiger partial charge in [-0.1, -0.05) is 18.2 Å². The molecule has 0 aliphatic carbocycles. The third-order valence-corrected chi connectivity index (χ3v) is 10.3. The van der Waals surface area contributed by atoms with Crippen molar-refractivity contribution >= 4 is 18.3 Å². The first-order valence-corrected chi connectivity index (χ1v) is 12.7. The second-order valence-corrected chi connectivity index (χ2v) is 11.0. The lowest BCUT2D eigenvalue weighted by Crippen LogP contribution is -3.14. The van der Waals surface area contributed by atoms with E-state index in [0.717, 1.165) is 24.2 Å². The minimum absolute atomic E-state index is 0.131. The molecule has 4 heterocycles. The Kier molecular flexibility index (Phi) is 6.25. The van der Waals surface area contributed by atoms with Crippen LogP contribution in [0.3, 0.4) is 0 Å². The summed E-state index contributed by atoms with van der Waals surface area (Å²) in [7, 11) is -2.95. The molecule has 164 valence electrons. The number of H-pyrrole nitrogens is 1.